The van der Waals surface area contributed by atoms with Crippen molar-refractivity contribution in [1.29, 1.82) is 0 Å². The minimum absolute atomic E-state index is 0.0270. The van der Waals surface area contributed by atoms with Gasteiger partial charge in [0.1, 0.15) is 11.5 Å². The minimum atomic E-state index is -4.03. The van der Waals surface area contributed by atoms with Crippen LogP contribution in [0.4, 0.5) is 5.69 Å². The van der Waals surface area contributed by atoms with Crippen LogP contribution in [-0.2, 0) is 14.8 Å². The molecule has 1 saturated heterocycles. The number of ether oxygens (including phenoxy) is 1. The minimum Gasteiger partial charge on any atom is -0.456 e. The van der Waals surface area contributed by atoms with Gasteiger partial charge in [-0.1, -0.05) is 35.3 Å². The average molecular weight is 534 g/mol. The number of benzene rings is 3. The molecule has 2 amide bonds. The maximum absolute atomic E-state index is 13.0. The van der Waals surface area contributed by atoms with Gasteiger partial charge in [-0.3, -0.25) is 14.3 Å². The van der Waals surface area contributed by atoms with Gasteiger partial charge in [0, 0.05) is 30.5 Å². The molecular weight excluding hydrogens is 513 g/mol. The molecule has 0 aliphatic carbocycles. The highest BCUT2D eigenvalue weighted by molar-refractivity contribution is 7.92. The smallest absolute Gasteiger partial charge is 0.261 e. The Balaban J connectivity index is 1.48. The van der Waals surface area contributed by atoms with Crippen molar-refractivity contribution in [3.05, 3.63) is 82.3 Å². The normalized spacial score (nSPS) is 15.4. The van der Waals surface area contributed by atoms with Crippen LogP contribution in [0.25, 0.3) is 0 Å². The molecular formula is C24H21Cl2N3O5S. The Bertz CT molecular complexity index is 1360. The van der Waals surface area contributed by atoms with Gasteiger partial charge in [0.2, 0.25) is 5.91 Å². The Hall–Kier alpha value is -3.27. The topological polar surface area (TPSA) is 114 Å². The molecule has 3 aromatic carbocycles. The summed E-state index contributed by atoms with van der Waals surface area (Å²) in [5.74, 6) is 0.245. The summed E-state index contributed by atoms with van der Waals surface area (Å²) in [4.78, 5) is 24.1. The Morgan fingerprint density at radius 3 is 2.49 bits per heavy atom. The predicted molar refractivity (Wildman–Crippen MR) is 134 cm³/mol. The second-order valence-corrected chi connectivity index (χ2v) is 10.4. The molecule has 3 aromatic rings. The van der Waals surface area contributed by atoms with E-state index < -0.39 is 15.9 Å². The molecule has 4 rings (SSSR count). The highest BCUT2D eigenvalue weighted by atomic mass is 35.5. The van der Waals surface area contributed by atoms with Crippen LogP contribution in [-0.4, -0.2) is 33.3 Å². The summed E-state index contributed by atoms with van der Waals surface area (Å²) in [5.41, 5.74) is 0.140. The Morgan fingerprint density at radius 1 is 1.06 bits per heavy atom. The molecule has 35 heavy (non-hydrogen) atoms. The van der Waals surface area contributed by atoms with Gasteiger partial charge in [0.15, 0.2) is 0 Å². The molecule has 11 heteroatoms. The summed E-state index contributed by atoms with van der Waals surface area (Å²) in [6.45, 7) is 0.744. The number of carbonyl (C=O) groups excluding carboxylic acids is 2. The van der Waals surface area contributed by atoms with Gasteiger partial charge in [-0.25, -0.2) is 8.42 Å². The summed E-state index contributed by atoms with van der Waals surface area (Å²) in [7, 11) is -4.03. The number of amides is 2. The third kappa shape index (κ3) is 6.25. The third-order valence-corrected chi connectivity index (χ3v) is 7.21. The van der Waals surface area contributed by atoms with Crippen LogP contribution in [0.15, 0.2) is 71.6 Å². The molecule has 1 heterocycles. The van der Waals surface area contributed by atoms with Crippen molar-refractivity contribution in [2.45, 2.75) is 11.3 Å². The number of nitrogens with one attached hydrogen (secondary N) is 3. The third-order valence-electron chi connectivity index (χ3n) is 5.28. The Kier molecular flexibility index (Phi) is 7.49. The van der Waals surface area contributed by atoms with Gasteiger partial charge >= 0.3 is 0 Å². The molecule has 0 saturated carbocycles. The van der Waals surface area contributed by atoms with Crippen molar-refractivity contribution in [1.82, 2.24) is 10.6 Å². The van der Waals surface area contributed by atoms with Crippen molar-refractivity contribution in [3.8, 4) is 11.5 Å². The van der Waals surface area contributed by atoms with Crippen LogP contribution in [0, 0.1) is 5.92 Å². The second-order valence-electron chi connectivity index (χ2n) is 7.88. The lowest BCUT2D eigenvalue weighted by Gasteiger charge is -2.15. The first kappa shape index (κ1) is 24.8. The summed E-state index contributed by atoms with van der Waals surface area (Å²) < 4.78 is 34.2. The first-order chi connectivity index (χ1) is 16.7. The molecule has 0 aromatic heterocycles. The van der Waals surface area contributed by atoms with E-state index in [1.54, 1.807) is 24.3 Å². The van der Waals surface area contributed by atoms with Crippen LogP contribution in [0.3, 0.4) is 0 Å². The molecule has 0 radical (unpaired) electrons. The number of sulfonamides is 1. The predicted octanol–water partition coefficient (Wildman–Crippen LogP) is 4.45. The number of rotatable bonds is 8. The van der Waals surface area contributed by atoms with E-state index in [-0.39, 0.29) is 39.5 Å². The molecule has 0 unspecified atom stereocenters. The van der Waals surface area contributed by atoms with Crippen molar-refractivity contribution < 1.29 is 22.7 Å². The van der Waals surface area contributed by atoms with Crippen LogP contribution < -0.4 is 20.1 Å². The van der Waals surface area contributed by atoms with Crippen LogP contribution in [0.1, 0.15) is 16.8 Å². The molecule has 1 aliphatic heterocycles. The molecule has 3 N–H and O–H groups in total. The standard InChI is InChI=1S/C24H21Cl2N3O5S/c25-16-5-10-21(19(12-16)24(31)28-14-15-11-23(30)27-13-15)29-35(32,33)18-8-6-17(7-9-18)34-22-4-2-1-3-20(22)26/h1-10,12,15,29H,11,13-14H2,(H,27,30)(H,28,31)/t15-/m1/s1. The van der Waals surface area contributed by atoms with E-state index in [4.69, 9.17) is 27.9 Å². The van der Waals surface area contributed by atoms with Crippen molar-refractivity contribution >= 4 is 50.7 Å². The first-order valence-electron chi connectivity index (χ1n) is 10.6. The summed E-state index contributed by atoms with van der Waals surface area (Å²) in [5, 5.41) is 6.14. The number of hydrogen-bond acceptors (Lipinski definition) is 5. The fourth-order valence-electron chi connectivity index (χ4n) is 3.48. The van der Waals surface area contributed by atoms with E-state index in [0.29, 0.717) is 29.5 Å². The van der Waals surface area contributed by atoms with Gasteiger partial charge in [-0.2, -0.15) is 0 Å². The monoisotopic (exact) mass is 533 g/mol. The van der Waals surface area contributed by atoms with Crippen molar-refractivity contribution in [2.24, 2.45) is 5.92 Å². The SMILES string of the molecule is O=C1C[C@@H](CNC(=O)c2cc(Cl)ccc2NS(=O)(=O)c2ccc(Oc3ccccc3Cl)cc2)CN1. The molecule has 1 fully saturated rings. The lowest BCUT2D eigenvalue weighted by atomic mass is 10.1. The fourth-order valence-corrected chi connectivity index (χ4v) is 4.91. The lowest BCUT2D eigenvalue weighted by molar-refractivity contribution is -0.119. The molecule has 0 bridgehead atoms. The highest BCUT2D eigenvalue weighted by Gasteiger charge is 2.24. The van der Waals surface area contributed by atoms with Gasteiger partial charge in [-0.15, -0.1) is 0 Å². The van der Waals surface area contributed by atoms with Gasteiger partial charge < -0.3 is 15.4 Å². The van der Waals surface area contributed by atoms with Crippen LogP contribution >= 0.6 is 23.2 Å². The van der Waals surface area contributed by atoms with E-state index in [9.17, 15) is 18.0 Å². The lowest BCUT2D eigenvalue weighted by Crippen LogP contribution is -2.31. The number of halogens is 2. The number of anilines is 1. The first-order valence-corrected chi connectivity index (χ1v) is 12.8. The molecule has 1 aliphatic rings. The Morgan fingerprint density at radius 2 is 1.80 bits per heavy atom. The van der Waals surface area contributed by atoms with Gasteiger partial charge in [0.25, 0.3) is 15.9 Å². The van der Waals surface area contributed by atoms with E-state index in [1.807, 2.05) is 0 Å². The molecule has 182 valence electrons. The van der Waals surface area contributed by atoms with E-state index in [0.717, 1.165) is 0 Å². The van der Waals surface area contributed by atoms with E-state index >= 15 is 0 Å². The molecule has 0 spiro atoms. The van der Waals surface area contributed by atoms with Crippen LogP contribution in [0.5, 0.6) is 11.5 Å². The van der Waals surface area contributed by atoms with Gasteiger partial charge in [-0.05, 0) is 54.6 Å². The zero-order valence-corrected chi connectivity index (χ0v) is 20.6. The average Bonchev–Trinajstić information content (AvgIpc) is 3.25. The van der Waals surface area contributed by atoms with E-state index in [1.165, 1.54) is 42.5 Å². The van der Waals surface area contributed by atoms with Crippen molar-refractivity contribution in [3.63, 3.8) is 0 Å². The zero-order chi connectivity index (χ0) is 25.0. The second kappa shape index (κ2) is 10.6. The van der Waals surface area contributed by atoms with Gasteiger partial charge in [0.05, 0.1) is 21.2 Å². The zero-order valence-electron chi connectivity index (χ0n) is 18.3. The quantitative estimate of drug-likeness (QED) is 0.395. The number of carbonyl (C=O) groups is 2. The largest absolute Gasteiger partial charge is 0.456 e. The molecule has 8 nitrogen and oxygen atoms in total. The van der Waals surface area contributed by atoms with E-state index in [2.05, 4.69) is 15.4 Å². The highest BCUT2D eigenvalue weighted by Crippen LogP contribution is 2.30. The summed E-state index contributed by atoms with van der Waals surface area (Å²) >= 11 is 12.1. The number of para-hydroxylation sites is 1. The maximum atomic E-state index is 13.0. The summed E-state index contributed by atoms with van der Waals surface area (Å²) in [6.07, 6.45) is 0.325. The van der Waals surface area contributed by atoms with Crippen molar-refractivity contribution in [2.75, 3.05) is 17.8 Å². The van der Waals surface area contributed by atoms with Crippen LogP contribution in [0.2, 0.25) is 10.0 Å². The fraction of sp³-hybridized carbons (Fsp3) is 0.167. The molecule has 1 atom stereocenters. The number of hydrogen-bond donors (Lipinski definition) is 3. The summed E-state index contributed by atoms with van der Waals surface area (Å²) in [6, 6.07) is 17.0. The maximum Gasteiger partial charge on any atom is 0.261 e. The Labute approximate surface area is 212 Å².